The smallest absolute Gasteiger partial charge is 0.254 e. The summed E-state index contributed by atoms with van der Waals surface area (Å²) in [6.07, 6.45) is 4.39. The second kappa shape index (κ2) is 6.41. The summed E-state index contributed by atoms with van der Waals surface area (Å²) in [5, 5.41) is 0.990. The van der Waals surface area contributed by atoms with E-state index in [4.69, 9.17) is 10.7 Å². The number of rotatable bonds is 3. The summed E-state index contributed by atoms with van der Waals surface area (Å²) in [5.41, 5.74) is 10.1. The number of amides is 1. The number of piperidine rings is 1. The number of benzene rings is 1. The van der Waals surface area contributed by atoms with Gasteiger partial charge in [-0.15, -0.1) is 0 Å². The second-order valence-corrected chi connectivity index (χ2v) is 7.88. The van der Waals surface area contributed by atoms with Crippen molar-refractivity contribution in [1.29, 1.82) is 0 Å². The maximum absolute atomic E-state index is 13.3. The molecule has 1 amide bonds. The van der Waals surface area contributed by atoms with Gasteiger partial charge in [-0.2, -0.15) is 0 Å². The highest BCUT2D eigenvalue weighted by Gasteiger charge is 2.30. The van der Waals surface area contributed by atoms with Crippen molar-refractivity contribution in [2.24, 2.45) is 11.7 Å². The Morgan fingerprint density at radius 3 is 2.56 bits per heavy atom. The van der Waals surface area contributed by atoms with Crippen molar-refractivity contribution in [1.82, 2.24) is 9.88 Å². The summed E-state index contributed by atoms with van der Waals surface area (Å²) < 4.78 is 0. The van der Waals surface area contributed by atoms with E-state index in [2.05, 4.69) is 38.1 Å². The normalized spacial score (nSPS) is 20.0. The van der Waals surface area contributed by atoms with E-state index >= 15 is 0 Å². The summed E-state index contributed by atoms with van der Waals surface area (Å²) in [4.78, 5) is 20.1. The van der Waals surface area contributed by atoms with Gasteiger partial charge in [0.05, 0.1) is 11.1 Å². The lowest BCUT2D eigenvalue weighted by Crippen LogP contribution is -2.42. The van der Waals surface area contributed by atoms with E-state index in [1.54, 1.807) is 0 Å². The molecule has 1 atom stereocenters. The SMILES string of the molecule is Cc1ccc2nc(C3CC3)cc(C(=O)N3CCC(C(C)N)CC3)c2c1. The van der Waals surface area contributed by atoms with Crippen molar-refractivity contribution in [3.63, 3.8) is 0 Å². The molecule has 4 rings (SSSR count). The van der Waals surface area contributed by atoms with Crippen LogP contribution in [0.4, 0.5) is 0 Å². The van der Waals surface area contributed by atoms with E-state index in [1.807, 2.05) is 4.90 Å². The van der Waals surface area contributed by atoms with Gasteiger partial charge in [-0.25, -0.2) is 0 Å². The number of carbonyl (C=O) groups is 1. The van der Waals surface area contributed by atoms with Crippen molar-refractivity contribution in [2.75, 3.05) is 13.1 Å². The fourth-order valence-corrected chi connectivity index (χ4v) is 3.92. The lowest BCUT2D eigenvalue weighted by Gasteiger charge is -2.34. The Bertz CT molecular complexity index is 802. The highest BCUT2D eigenvalue weighted by atomic mass is 16.2. The van der Waals surface area contributed by atoms with Crippen LogP contribution in [0.25, 0.3) is 10.9 Å². The van der Waals surface area contributed by atoms with Crippen LogP contribution in [0.15, 0.2) is 24.3 Å². The molecule has 1 saturated heterocycles. The molecular formula is C21H27N3O. The zero-order valence-electron chi connectivity index (χ0n) is 15.2. The molecule has 2 fully saturated rings. The minimum absolute atomic E-state index is 0.156. The van der Waals surface area contributed by atoms with Crippen LogP contribution in [0.1, 0.15) is 60.1 Å². The van der Waals surface area contributed by atoms with Gasteiger partial charge in [-0.3, -0.25) is 9.78 Å². The molecule has 2 aliphatic rings. The first kappa shape index (κ1) is 16.5. The third kappa shape index (κ3) is 3.28. The predicted molar refractivity (Wildman–Crippen MR) is 101 cm³/mol. The third-order valence-corrected chi connectivity index (χ3v) is 5.78. The van der Waals surface area contributed by atoms with E-state index in [1.165, 1.54) is 12.8 Å². The van der Waals surface area contributed by atoms with Crippen LogP contribution in [0.5, 0.6) is 0 Å². The predicted octanol–water partition coefficient (Wildman–Crippen LogP) is 3.62. The van der Waals surface area contributed by atoms with E-state index < -0.39 is 0 Å². The Morgan fingerprint density at radius 2 is 1.92 bits per heavy atom. The van der Waals surface area contributed by atoms with Crippen molar-refractivity contribution < 1.29 is 4.79 Å². The Kier molecular flexibility index (Phi) is 4.24. The molecule has 1 aromatic heterocycles. The zero-order chi connectivity index (χ0) is 17.6. The average molecular weight is 337 g/mol. The summed E-state index contributed by atoms with van der Waals surface area (Å²) in [7, 11) is 0. The van der Waals surface area contributed by atoms with Gasteiger partial charge in [0, 0.05) is 36.1 Å². The third-order valence-electron chi connectivity index (χ3n) is 5.78. The molecular weight excluding hydrogens is 310 g/mol. The van der Waals surface area contributed by atoms with Gasteiger partial charge in [0.1, 0.15) is 0 Å². The Morgan fingerprint density at radius 1 is 1.20 bits per heavy atom. The van der Waals surface area contributed by atoms with E-state index in [0.29, 0.717) is 11.8 Å². The molecule has 0 spiro atoms. The van der Waals surface area contributed by atoms with Gasteiger partial charge in [0.2, 0.25) is 0 Å². The highest BCUT2D eigenvalue weighted by Crippen LogP contribution is 2.40. The first-order chi connectivity index (χ1) is 12.0. The van der Waals surface area contributed by atoms with Crippen LogP contribution >= 0.6 is 0 Å². The lowest BCUT2D eigenvalue weighted by molar-refractivity contribution is 0.0683. The molecule has 2 heterocycles. The topological polar surface area (TPSA) is 59.2 Å². The fourth-order valence-electron chi connectivity index (χ4n) is 3.92. The van der Waals surface area contributed by atoms with Gasteiger partial charge in [0.25, 0.3) is 5.91 Å². The molecule has 1 unspecified atom stereocenters. The monoisotopic (exact) mass is 337 g/mol. The second-order valence-electron chi connectivity index (χ2n) is 7.88. The zero-order valence-corrected chi connectivity index (χ0v) is 15.2. The van der Waals surface area contributed by atoms with Gasteiger partial charge < -0.3 is 10.6 Å². The number of hydrogen-bond acceptors (Lipinski definition) is 3. The van der Waals surface area contributed by atoms with Crippen molar-refractivity contribution in [2.45, 2.75) is 51.5 Å². The molecule has 0 radical (unpaired) electrons. The van der Waals surface area contributed by atoms with Crippen molar-refractivity contribution in [3.8, 4) is 0 Å². The molecule has 2 aromatic rings. The van der Waals surface area contributed by atoms with E-state index in [9.17, 15) is 4.79 Å². The number of nitrogens with zero attached hydrogens (tertiary/aromatic N) is 2. The van der Waals surface area contributed by atoms with Crippen LogP contribution in [-0.4, -0.2) is 34.9 Å². The van der Waals surface area contributed by atoms with E-state index in [-0.39, 0.29) is 11.9 Å². The summed E-state index contributed by atoms with van der Waals surface area (Å²) in [6.45, 7) is 5.75. The van der Waals surface area contributed by atoms with Crippen LogP contribution in [0, 0.1) is 12.8 Å². The van der Waals surface area contributed by atoms with Crippen LogP contribution < -0.4 is 5.73 Å². The van der Waals surface area contributed by atoms with E-state index in [0.717, 1.165) is 53.7 Å². The molecule has 1 aliphatic heterocycles. The quantitative estimate of drug-likeness (QED) is 0.930. The summed E-state index contributed by atoms with van der Waals surface area (Å²) >= 11 is 0. The largest absolute Gasteiger partial charge is 0.339 e. The summed E-state index contributed by atoms with van der Waals surface area (Å²) in [5.74, 6) is 1.23. The Labute approximate surface area is 149 Å². The van der Waals surface area contributed by atoms with Crippen molar-refractivity contribution >= 4 is 16.8 Å². The molecule has 1 aromatic carbocycles. The first-order valence-corrected chi connectivity index (χ1v) is 9.49. The fraction of sp³-hybridized carbons (Fsp3) is 0.524. The van der Waals surface area contributed by atoms with Gasteiger partial charge in [-0.05, 0) is 63.6 Å². The minimum Gasteiger partial charge on any atom is -0.339 e. The number of pyridine rings is 1. The molecule has 0 bridgehead atoms. The standard InChI is InChI=1S/C21H27N3O/c1-13-3-6-19-17(11-13)18(12-20(23-19)16-4-5-16)21(25)24-9-7-15(8-10-24)14(2)22/h3,6,11-12,14-16H,4-5,7-10,22H2,1-2H3. The number of hydrogen-bond donors (Lipinski definition) is 1. The molecule has 4 heteroatoms. The Hall–Kier alpha value is -1.94. The van der Waals surface area contributed by atoms with Crippen LogP contribution in [-0.2, 0) is 0 Å². The molecule has 2 N–H and O–H groups in total. The van der Waals surface area contributed by atoms with Crippen molar-refractivity contribution in [3.05, 3.63) is 41.1 Å². The highest BCUT2D eigenvalue weighted by molar-refractivity contribution is 6.06. The first-order valence-electron chi connectivity index (χ1n) is 9.49. The molecule has 132 valence electrons. The maximum atomic E-state index is 13.3. The number of nitrogens with two attached hydrogens (primary N) is 1. The van der Waals surface area contributed by atoms with Gasteiger partial charge in [0.15, 0.2) is 0 Å². The van der Waals surface area contributed by atoms with Gasteiger partial charge >= 0.3 is 0 Å². The molecule has 1 saturated carbocycles. The van der Waals surface area contributed by atoms with Crippen LogP contribution in [0.3, 0.4) is 0 Å². The average Bonchev–Trinajstić information content (AvgIpc) is 3.45. The number of likely N-dealkylation sites (tertiary alicyclic amines) is 1. The van der Waals surface area contributed by atoms with Crippen LogP contribution in [0.2, 0.25) is 0 Å². The number of fused-ring (bicyclic) bond motifs is 1. The molecule has 1 aliphatic carbocycles. The lowest BCUT2D eigenvalue weighted by atomic mass is 9.90. The summed E-state index contributed by atoms with van der Waals surface area (Å²) in [6, 6.07) is 8.49. The Balaban J connectivity index is 1.67. The minimum atomic E-state index is 0.156. The number of aryl methyl sites for hydroxylation is 1. The number of carbonyl (C=O) groups excluding carboxylic acids is 1. The maximum Gasteiger partial charge on any atom is 0.254 e. The number of aromatic nitrogens is 1. The molecule has 4 nitrogen and oxygen atoms in total. The molecule has 25 heavy (non-hydrogen) atoms. The van der Waals surface area contributed by atoms with Gasteiger partial charge in [-0.1, -0.05) is 11.6 Å².